The Hall–Kier alpha value is -1.92. The molecule has 106 valence electrons. The molecule has 1 aromatic heterocycles. The first-order valence-corrected chi connectivity index (χ1v) is 7.27. The van der Waals surface area contributed by atoms with Crippen LogP contribution in [0.1, 0.15) is 11.3 Å². The fraction of sp³-hybridized carbons (Fsp3) is 0.286. The predicted octanol–water partition coefficient (Wildman–Crippen LogP) is 1.08. The summed E-state index contributed by atoms with van der Waals surface area (Å²) in [7, 11) is 0. The number of aromatic nitrogens is 1. The molecule has 1 amide bonds. The molecule has 20 heavy (non-hydrogen) atoms. The van der Waals surface area contributed by atoms with E-state index in [0.717, 1.165) is 11.3 Å². The molecule has 0 unspecified atom stereocenters. The van der Waals surface area contributed by atoms with Gasteiger partial charge in [0.25, 0.3) is 0 Å². The molecule has 4 N–H and O–H groups in total. The predicted molar refractivity (Wildman–Crippen MR) is 78.6 cm³/mol. The lowest BCUT2D eigenvalue weighted by Gasteiger charge is -2.12. The Morgan fingerprint density at radius 1 is 1.40 bits per heavy atom. The minimum Gasteiger partial charge on any atom is -0.508 e. The van der Waals surface area contributed by atoms with Crippen molar-refractivity contribution in [2.24, 2.45) is 5.73 Å². The van der Waals surface area contributed by atoms with Crippen LogP contribution < -0.4 is 11.1 Å². The van der Waals surface area contributed by atoms with E-state index in [1.165, 1.54) is 11.3 Å². The Morgan fingerprint density at radius 3 is 2.80 bits per heavy atom. The zero-order chi connectivity index (χ0) is 14.4. The number of nitrogens with one attached hydrogen (secondary N) is 1. The number of carbonyl (C=O) groups is 1. The second kappa shape index (κ2) is 7.02. The highest BCUT2D eigenvalue weighted by molar-refractivity contribution is 7.07. The molecule has 2 rings (SSSR count). The third-order valence-electron chi connectivity index (χ3n) is 2.89. The molecule has 0 radical (unpaired) electrons. The molecule has 0 fully saturated rings. The maximum Gasteiger partial charge on any atom is 0.237 e. The van der Waals surface area contributed by atoms with Gasteiger partial charge in [-0.3, -0.25) is 4.79 Å². The summed E-state index contributed by atoms with van der Waals surface area (Å²) in [6.07, 6.45) is 1.16. The Balaban J connectivity index is 1.75. The van der Waals surface area contributed by atoms with Crippen molar-refractivity contribution in [3.63, 3.8) is 0 Å². The van der Waals surface area contributed by atoms with Crippen LogP contribution in [0.5, 0.6) is 5.75 Å². The van der Waals surface area contributed by atoms with Gasteiger partial charge >= 0.3 is 0 Å². The number of hydrogen-bond donors (Lipinski definition) is 3. The second-order valence-corrected chi connectivity index (χ2v) is 5.22. The van der Waals surface area contributed by atoms with Crippen LogP contribution in [0, 0.1) is 0 Å². The van der Waals surface area contributed by atoms with Crippen molar-refractivity contribution in [3.8, 4) is 5.75 Å². The number of hydrogen-bond acceptors (Lipinski definition) is 5. The van der Waals surface area contributed by atoms with Crippen molar-refractivity contribution >= 4 is 17.2 Å². The lowest BCUT2D eigenvalue weighted by atomic mass is 10.1. The highest BCUT2D eigenvalue weighted by Crippen LogP contribution is 2.10. The molecule has 1 atom stereocenters. The van der Waals surface area contributed by atoms with Crippen LogP contribution in [0.3, 0.4) is 0 Å². The number of carbonyl (C=O) groups excluding carboxylic acids is 1. The van der Waals surface area contributed by atoms with E-state index in [1.807, 2.05) is 5.38 Å². The molecule has 2 aromatic rings. The van der Waals surface area contributed by atoms with E-state index >= 15 is 0 Å². The van der Waals surface area contributed by atoms with Crippen LogP contribution in [0.25, 0.3) is 0 Å². The summed E-state index contributed by atoms with van der Waals surface area (Å²) < 4.78 is 0. The van der Waals surface area contributed by atoms with E-state index in [1.54, 1.807) is 29.8 Å². The SMILES string of the molecule is N[C@H](Cc1ccc(O)cc1)C(=O)NCCc1cscn1. The van der Waals surface area contributed by atoms with Gasteiger partial charge in [-0.25, -0.2) is 4.98 Å². The number of nitrogens with two attached hydrogens (primary N) is 1. The molecule has 0 saturated carbocycles. The van der Waals surface area contributed by atoms with E-state index in [9.17, 15) is 9.90 Å². The average molecular weight is 291 g/mol. The van der Waals surface area contributed by atoms with Gasteiger partial charge in [0.05, 0.1) is 17.2 Å². The number of phenols is 1. The van der Waals surface area contributed by atoms with Crippen molar-refractivity contribution < 1.29 is 9.90 Å². The molecule has 6 heteroatoms. The molecular formula is C14H17N3O2S. The van der Waals surface area contributed by atoms with Gasteiger partial charge in [-0.05, 0) is 24.1 Å². The lowest BCUT2D eigenvalue weighted by molar-refractivity contribution is -0.122. The van der Waals surface area contributed by atoms with Crippen molar-refractivity contribution in [2.45, 2.75) is 18.9 Å². The molecule has 0 spiro atoms. The minimum absolute atomic E-state index is 0.173. The molecule has 0 bridgehead atoms. The molecule has 0 aliphatic rings. The van der Waals surface area contributed by atoms with Crippen molar-refractivity contribution in [3.05, 3.63) is 46.4 Å². The first kappa shape index (κ1) is 14.5. The van der Waals surface area contributed by atoms with Crippen LogP contribution in [0.2, 0.25) is 0 Å². The molecule has 1 heterocycles. The summed E-state index contributed by atoms with van der Waals surface area (Å²) in [4.78, 5) is 16.0. The third-order valence-corrected chi connectivity index (χ3v) is 3.53. The highest BCUT2D eigenvalue weighted by atomic mass is 32.1. The van der Waals surface area contributed by atoms with Gasteiger partial charge in [0.15, 0.2) is 0 Å². The third kappa shape index (κ3) is 4.32. The maximum absolute atomic E-state index is 11.8. The summed E-state index contributed by atoms with van der Waals surface area (Å²) in [6, 6.07) is 6.11. The van der Waals surface area contributed by atoms with Gasteiger partial charge in [-0.15, -0.1) is 11.3 Å². The zero-order valence-electron chi connectivity index (χ0n) is 11.0. The number of nitrogens with zero attached hydrogens (tertiary/aromatic N) is 1. The summed E-state index contributed by atoms with van der Waals surface area (Å²) in [5, 5.41) is 14.0. The normalized spacial score (nSPS) is 12.1. The van der Waals surface area contributed by atoms with Crippen molar-refractivity contribution in [2.75, 3.05) is 6.54 Å². The lowest BCUT2D eigenvalue weighted by Crippen LogP contribution is -2.42. The summed E-state index contributed by atoms with van der Waals surface area (Å²) in [5.74, 6) is 0.0309. The number of rotatable bonds is 6. The number of thiazole rings is 1. The highest BCUT2D eigenvalue weighted by Gasteiger charge is 2.13. The smallest absolute Gasteiger partial charge is 0.237 e. The van der Waals surface area contributed by atoms with E-state index < -0.39 is 6.04 Å². The van der Waals surface area contributed by atoms with Crippen molar-refractivity contribution in [1.29, 1.82) is 0 Å². The van der Waals surface area contributed by atoms with Gasteiger partial charge in [-0.2, -0.15) is 0 Å². The molecule has 0 saturated heterocycles. The van der Waals surface area contributed by atoms with Crippen LogP contribution in [-0.4, -0.2) is 28.6 Å². The van der Waals surface area contributed by atoms with Crippen LogP contribution >= 0.6 is 11.3 Å². The van der Waals surface area contributed by atoms with Crippen LogP contribution in [0.15, 0.2) is 35.2 Å². The maximum atomic E-state index is 11.8. The topological polar surface area (TPSA) is 88.2 Å². The van der Waals surface area contributed by atoms with E-state index in [4.69, 9.17) is 5.73 Å². The first-order valence-electron chi connectivity index (χ1n) is 6.33. The summed E-state index contributed by atoms with van der Waals surface area (Å²) in [6.45, 7) is 0.534. The number of benzene rings is 1. The Morgan fingerprint density at radius 2 is 2.15 bits per heavy atom. The largest absolute Gasteiger partial charge is 0.508 e. The Kier molecular flexibility index (Phi) is 5.09. The molecule has 1 aromatic carbocycles. The summed E-state index contributed by atoms with van der Waals surface area (Å²) >= 11 is 1.54. The zero-order valence-corrected chi connectivity index (χ0v) is 11.8. The molecular weight excluding hydrogens is 274 g/mol. The molecule has 0 aliphatic heterocycles. The standard InChI is InChI=1S/C14H17N3O2S/c15-13(7-10-1-3-12(18)4-2-10)14(19)16-6-5-11-8-20-9-17-11/h1-4,8-9,13,18H,5-7,15H2,(H,16,19)/t13-/m1/s1. The van der Waals surface area contributed by atoms with E-state index in [2.05, 4.69) is 10.3 Å². The molecule has 0 aliphatic carbocycles. The van der Waals surface area contributed by atoms with Crippen molar-refractivity contribution in [1.82, 2.24) is 10.3 Å². The summed E-state index contributed by atoms with van der Waals surface area (Å²) in [5.41, 5.74) is 9.53. The average Bonchev–Trinajstić information content (AvgIpc) is 2.94. The molecule has 5 nitrogen and oxygen atoms in total. The minimum atomic E-state index is -0.588. The van der Waals surface area contributed by atoms with Gasteiger partial charge in [0.2, 0.25) is 5.91 Å². The van der Waals surface area contributed by atoms with Gasteiger partial charge in [-0.1, -0.05) is 12.1 Å². The monoisotopic (exact) mass is 291 g/mol. The fourth-order valence-electron chi connectivity index (χ4n) is 1.78. The quantitative estimate of drug-likeness (QED) is 0.743. The number of phenolic OH excluding ortho intramolecular Hbond substituents is 1. The fourth-order valence-corrected chi connectivity index (χ4v) is 2.38. The van der Waals surface area contributed by atoms with E-state index in [-0.39, 0.29) is 11.7 Å². The van der Waals surface area contributed by atoms with Crippen LogP contribution in [0.4, 0.5) is 0 Å². The second-order valence-electron chi connectivity index (χ2n) is 4.50. The number of aromatic hydroxyl groups is 1. The van der Waals surface area contributed by atoms with E-state index in [0.29, 0.717) is 19.4 Å². The Labute approximate surface area is 121 Å². The number of amides is 1. The van der Waals surface area contributed by atoms with Gasteiger partial charge in [0, 0.05) is 18.3 Å². The first-order chi connectivity index (χ1) is 9.65. The van der Waals surface area contributed by atoms with Crippen LogP contribution in [-0.2, 0) is 17.6 Å². The van der Waals surface area contributed by atoms with Gasteiger partial charge < -0.3 is 16.2 Å². The van der Waals surface area contributed by atoms with Gasteiger partial charge in [0.1, 0.15) is 5.75 Å². The Bertz CT molecular complexity index is 540.